The third kappa shape index (κ3) is 4.41. The highest BCUT2D eigenvalue weighted by atomic mass is 19.4. The number of hydrogen-bond donors (Lipinski definition) is 0. The molecule has 5 nitrogen and oxygen atoms in total. The van der Waals surface area contributed by atoms with Crippen LogP contribution in [0.2, 0.25) is 0 Å². The SMILES string of the molecule is Cc1nc(N(CCc2cccc(C(F)(F)F)c2)c2ccccc2)c2cc3c(cc2n1)C(C)(C)C(=O)N3C. The van der Waals surface area contributed by atoms with Gasteiger partial charge in [0.25, 0.3) is 0 Å². The van der Waals surface area contributed by atoms with Crippen LogP contribution in [0.5, 0.6) is 0 Å². The Morgan fingerprint density at radius 1 is 0.973 bits per heavy atom. The van der Waals surface area contributed by atoms with E-state index in [0.29, 0.717) is 30.2 Å². The number of halogens is 3. The number of alkyl halides is 3. The van der Waals surface area contributed by atoms with E-state index in [1.165, 1.54) is 12.1 Å². The second-order valence-corrected chi connectivity index (χ2v) is 9.91. The molecule has 2 heterocycles. The third-order valence-electron chi connectivity index (χ3n) is 6.98. The van der Waals surface area contributed by atoms with E-state index >= 15 is 0 Å². The molecule has 1 amide bonds. The molecule has 1 aliphatic rings. The monoisotopic (exact) mass is 504 g/mol. The molecule has 1 aliphatic heterocycles. The average Bonchev–Trinajstić information content (AvgIpc) is 3.03. The van der Waals surface area contributed by atoms with E-state index in [2.05, 4.69) is 4.98 Å². The van der Waals surface area contributed by atoms with Crippen LogP contribution in [-0.4, -0.2) is 29.5 Å². The van der Waals surface area contributed by atoms with E-state index < -0.39 is 17.2 Å². The molecule has 0 saturated carbocycles. The summed E-state index contributed by atoms with van der Waals surface area (Å²) in [4.78, 5) is 26.0. The first-order chi connectivity index (χ1) is 17.5. The lowest BCUT2D eigenvalue weighted by atomic mass is 9.85. The standard InChI is InChI=1S/C29H27F3N4O/c1-18-33-24-17-23-25(35(4)27(37)28(23,2)3)16-22(24)26(34-18)36(21-11-6-5-7-12-21)14-13-19-9-8-10-20(15-19)29(30,31)32/h5-12,15-17H,13-14H2,1-4H3. The number of fused-ring (bicyclic) bond motifs is 2. The summed E-state index contributed by atoms with van der Waals surface area (Å²) in [6.07, 6.45) is -4.02. The second-order valence-electron chi connectivity index (χ2n) is 9.91. The van der Waals surface area contributed by atoms with Gasteiger partial charge in [0, 0.05) is 30.4 Å². The van der Waals surface area contributed by atoms with Crippen LogP contribution in [0.3, 0.4) is 0 Å². The normalized spacial score (nSPS) is 14.8. The highest BCUT2D eigenvalue weighted by Gasteiger charge is 2.42. The van der Waals surface area contributed by atoms with E-state index in [4.69, 9.17) is 4.98 Å². The van der Waals surface area contributed by atoms with Crippen LogP contribution in [0.4, 0.5) is 30.4 Å². The quantitative estimate of drug-likeness (QED) is 0.308. The Hall–Kier alpha value is -3.94. The molecule has 8 heteroatoms. The van der Waals surface area contributed by atoms with Crippen molar-refractivity contribution in [2.24, 2.45) is 0 Å². The summed E-state index contributed by atoms with van der Waals surface area (Å²) in [6, 6.07) is 19.0. The summed E-state index contributed by atoms with van der Waals surface area (Å²) in [5, 5.41) is 0.773. The largest absolute Gasteiger partial charge is 0.416 e. The number of likely N-dealkylation sites (N-methyl/N-ethyl adjacent to an activating group) is 1. The molecule has 0 radical (unpaired) electrons. The van der Waals surface area contributed by atoms with Crippen molar-refractivity contribution in [2.45, 2.75) is 38.8 Å². The lowest BCUT2D eigenvalue weighted by Crippen LogP contribution is -2.33. The molecule has 0 bridgehead atoms. The molecular weight excluding hydrogens is 477 g/mol. The molecule has 0 unspecified atom stereocenters. The van der Waals surface area contributed by atoms with Gasteiger partial charge in [0.15, 0.2) is 0 Å². The topological polar surface area (TPSA) is 49.3 Å². The zero-order chi connectivity index (χ0) is 26.5. The molecule has 4 aromatic rings. The molecule has 0 aliphatic carbocycles. The molecule has 0 N–H and O–H groups in total. The van der Waals surface area contributed by atoms with Crippen molar-refractivity contribution in [3.05, 3.63) is 89.2 Å². The summed E-state index contributed by atoms with van der Waals surface area (Å²) in [5.41, 5.74) is 2.55. The second kappa shape index (κ2) is 8.87. The minimum absolute atomic E-state index is 0.00787. The average molecular weight is 505 g/mol. The van der Waals surface area contributed by atoms with Crippen LogP contribution in [-0.2, 0) is 22.8 Å². The van der Waals surface area contributed by atoms with Crippen molar-refractivity contribution in [3.8, 4) is 0 Å². The number of amides is 1. The highest BCUT2D eigenvalue weighted by molar-refractivity contribution is 6.10. The summed E-state index contributed by atoms with van der Waals surface area (Å²) in [7, 11) is 1.76. The lowest BCUT2D eigenvalue weighted by Gasteiger charge is -2.26. The van der Waals surface area contributed by atoms with Crippen molar-refractivity contribution in [3.63, 3.8) is 0 Å². The van der Waals surface area contributed by atoms with Gasteiger partial charge in [0.05, 0.1) is 16.5 Å². The number of benzene rings is 3. The first kappa shape index (κ1) is 24.7. The summed E-state index contributed by atoms with van der Waals surface area (Å²) < 4.78 is 39.8. The Balaban J connectivity index is 1.62. The fraction of sp³-hybridized carbons (Fsp3) is 0.276. The fourth-order valence-electron chi connectivity index (χ4n) is 5.00. The van der Waals surface area contributed by atoms with Crippen LogP contribution < -0.4 is 9.80 Å². The number of anilines is 3. The molecule has 190 valence electrons. The molecule has 3 aromatic carbocycles. The Labute approximate surface area is 213 Å². The van der Waals surface area contributed by atoms with Crippen molar-refractivity contribution < 1.29 is 18.0 Å². The van der Waals surface area contributed by atoms with Gasteiger partial charge in [-0.15, -0.1) is 0 Å². The zero-order valence-corrected chi connectivity index (χ0v) is 21.1. The number of para-hydroxylation sites is 1. The minimum Gasteiger partial charge on any atom is -0.325 e. The molecule has 0 atom stereocenters. The summed E-state index contributed by atoms with van der Waals surface area (Å²) in [6.45, 7) is 6.02. The minimum atomic E-state index is -4.40. The smallest absolute Gasteiger partial charge is 0.325 e. The number of carbonyl (C=O) groups excluding carboxylic acids is 1. The van der Waals surface area contributed by atoms with Gasteiger partial charge in [0.1, 0.15) is 11.6 Å². The van der Waals surface area contributed by atoms with Crippen molar-refractivity contribution in [2.75, 3.05) is 23.4 Å². The summed E-state index contributed by atoms with van der Waals surface area (Å²) in [5.74, 6) is 1.22. The molecule has 0 spiro atoms. The Kier molecular flexibility index (Phi) is 5.93. The molecular formula is C29H27F3N4O. The van der Waals surface area contributed by atoms with E-state index in [1.807, 2.05) is 68.1 Å². The van der Waals surface area contributed by atoms with Crippen molar-refractivity contribution >= 4 is 34.0 Å². The Bertz CT molecular complexity index is 1500. The van der Waals surface area contributed by atoms with E-state index in [0.717, 1.165) is 33.9 Å². The number of carbonyl (C=O) groups is 1. The van der Waals surface area contributed by atoms with Gasteiger partial charge in [-0.3, -0.25) is 4.79 Å². The maximum Gasteiger partial charge on any atom is 0.416 e. The molecule has 1 aromatic heterocycles. The van der Waals surface area contributed by atoms with Gasteiger partial charge >= 0.3 is 6.18 Å². The van der Waals surface area contributed by atoms with E-state index in [-0.39, 0.29) is 5.91 Å². The lowest BCUT2D eigenvalue weighted by molar-refractivity contribution is -0.137. The maximum atomic E-state index is 13.3. The van der Waals surface area contributed by atoms with Gasteiger partial charge in [-0.1, -0.05) is 36.4 Å². The van der Waals surface area contributed by atoms with Gasteiger partial charge < -0.3 is 9.80 Å². The van der Waals surface area contributed by atoms with Gasteiger partial charge in [-0.25, -0.2) is 9.97 Å². The molecule has 0 saturated heterocycles. The number of nitrogens with zero attached hydrogens (tertiary/aromatic N) is 4. The van der Waals surface area contributed by atoms with E-state index in [9.17, 15) is 18.0 Å². The molecule has 5 rings (SSSR count). The van der Waals surface area contributed by atoms with Crippen LogP contribution in [0.25, 0.3) is 10.9 Å². The van der Waals surface area contributed by atoms with Gasteiger partial charge in [-0.2, -0.15) is 13.2 Å². The number of hydrogen-bond acceptors (Lipinski definition) is 4. The Morgan fingerprint density at radius 3 is 2.41 bits per heavy atom. The maximum absolute atomic E-state index is 13.3. The van der Waals surface area contributed by atoms with Crippen molar-refractivity contribution in [1.29, 1.82) is 0 Å². The molecule has 0 fully saturated rings. The third-order valence-corrected chi connectivity index (χ3v) is 6.98. The highest BCUT2D eigenvalue weighted by Crippen LogP contribution is 2.44. The number of aryl methyl sites for hydroxylation is 1. The fourth-order valence-corrected chi connectivity index (χ4v) is 5.00. The van der Waals surface area contributed by atoms with Crippen LogP contribution in [0.15, 0.2) is 66.7 Å². The number of rotatable bonds is 5. The van der Waals surface area contributed by atoms with Crippen LogP contribution in [0, 0.1) is 6.92 Å². The zero-order valence-electron chi connectivity index (χ0n) is 21.1. The predicted molar refractivity (Wildman–Crippen MR) is 139 cm³/mol. The summed E-state index contributed by atoms with van der Waals surface area (Å²) >= 11 is 0. The first-order valence-corrected chi connectivity index (χ1v) is 12.1. The first-order valence-electron chi connectivity index (χ1n) is 12.1. The number of aromatic nitrogens is 2. The predicted octanol–water partition coefficient (Wildman–Crippen LogP) is 6.59. The Morgan fingerprint density at radius 2 is 1.70 bits per heavy atom. The van der Waals surface area contributed by atoms with Crippen LogP contribution in [0.1, 0.15) is 36.4 Å². The molecule has 37 heavy (non-hydrogen) atoms. The van der Waals surface area contributed by atoms with Crippen LogP contribution >= 0.6 is 0 Å². The van der Waals surface area contributed by atoms with Gasteiger partial charge in [0.2, 0.25) is 5.91 Å². The van der Waals surface area contributed by atoms with E-state index in [1.54, 1.807) is 18.0 Å². The van der Waals surface area contributed by atoms with Crippen molar-refractivity contribution in [1.82, 2.24) is 9.97 Å². The van der Waals surface area contributed by atoms with Gasteiger partial charge in [-0.05, 0) is 68.7 Å².